The number of carbonyl (C=O) groups excluding carboxylic acids is 1. The van der Waals surface area contributed by atoms with Crippen LogP contribution in [0.5, 0.6) is 0 Å². The second-order valence-corrected chi connectivity index (χ2v) is 7.37. The first-order chi connectivity index (χ1) is 11.6. The van der Waals surface area contributed by atoms with E-state index in [1.54, 1.807) is 0 Å². The minimum atomic E-state index is -0.296. The number of nitrogens with one attached hydrogen (secondary N) is 1. The lowest BCUT2D eigenvalue weighted by Gasteiger charge is -2.40. The highest BCUT2D eigenvalue weighted by Gasteiger charge is 2.42. The van der Waals surface area contributed by atoms with E-state index >= 15 is 0 Å². The molecule has 4 nitrogen and oxygen atoms in total. The van der Waals surface area contributed by atoms with Crippen LogP contribution in [-0.4, -0.2) is 54.0 Å². The summed E-state index contributed by atoms with van der Waals surface area (Å²) in [5.74, 6) is 0.309. The van der Waals surface area contributed by atoms with Crippen LogP contribution in [0.2, 0.25) is 0 Å². The summed E-state index contributed by atoms with van der Waals surface area (Å²) < 4.78 is 0. The van der Waals surface area contributed by atoms with Gasteiger partial charge in [0.25, 0.3) is 0 Å². The lowest BCUT2D eigenvalue weighted by Crippen LogP contribution is -2.57. The maximum Gasteiger partial charge on any atom is 0.242 e. The van der Waals surface area contributed by atoms with Crippen LogP contribution in [-0.2, 0) is 11.3 Å². The van der Waals surface area contributed by atoms with Gasteiger partial charge in [0.1, 0.15) is 0 Å². The average Bonchev–Trinajstić information content (AvgIpc) is 3.12. The van der Waals surface area contributed by atoms with E-state index in [1.165, 1.54) is 5.56 Å². The number of likely N-dealkylation sites (tertiary alicyclic amines) is 1. The van der Waals surface area contributed by atoms with Crippen molar-refractivity contribution in [3.05, 3.63) is 35.9 Å². The lowest BCUT2D eigenvalue weighted by atomic mass is 9.91. The van der Waals surface area contributed by atoms with Crippen molar-refractivity contribution in [2.45, 2.75) is 57.2 Å². The molecule has 2 aliphatic heterocycles. The maximum atomic E-state index is 13.0. The fourth-order valence-corrected chi connectivity index (χ4v) is 4.25. The zero-order chi connectivity index (χ0) is 17.0. The highest BCUT2D eigenvalue weighted by Crippen LogP contribution is 2.27. The number of amides is 1. The number of halogens is 2. The van der Waals surface area contributed by atoms with E-state index in [9.17, 15) is 4.79 Å². The molecule has 0 aromatic heterocycles. The third kappa shape index (κ3) is 5.13. The predicted molar refractivity (Wildman–Crippen MR) is 112 cm³/mol. The van der Waals surface area contributed by atoms with E-state index in [1.807, 2.05) is 11.9 Å². The molecular weight excluding hydrogens is 369 g/mol. The van der Waals surface area contributed by atoms with Crippen molar-refractivity contribution in [1.29, 1.82) is 0 Å². The molecular formula is C20H33Cl2N3O. The molecule has 0 bridgehead atoms. The molecule has 0 spiro atoms. The molecule has 0 aliphatic carbocycles. The highest BCUT2D eigenvalue weighted by atomic mass is 35.5. The summed E-state index contributed by atoms with van der Waals surface area (Å²) in [5, 5.41) is 3.48. The Morgan fingerprint density at radius 2 is 1.88 bits per heavy atom. The number of hydrogen-bond acceptors (Lipinski definition) is 3. The molecule has 2 heterocycles. The molecule has 1 N–H and O–H groups in total. The SMILES string of the molecule is CCC1(C(=O)N(C)C2CCN(Cc3ccccc3)CC2)CCCN1.Cl.Cl. The van der Waals surface area contributed by atoms with Crippen molar-refractivity contribution in [3.8, 4) is 0 Å². The monoisotopic (exact) mass is 401 g/mol. The number of benzene rings is 1. The van der Waals surface area contributed by atoms with Crippen LogP contribution in [0.4, 0.5) is 0 Å². The van der Waals surface area contributed by atoms with Crippen LogP contribution in [0.3, 0.4) is 0 Å². The zero-order valence-electron chi connectivity index (χ0n) is 15.9. The van der Waals surface area contributed by atoms with Gasteiger partial charge >= 0.3 is 0 Å². The van der Waals surface area contributed by atoms with E-state index in [0.29, 0.717) is 11.9 Å². The van der Waals surface area contributed by atoms with E-state index in [2.05, 4.69) is 47.5 Å². The lowest BCUT2D eigenvalue weighted by molar-refractivity contribution is -0.139. The Morgan fingerprint density at radius 3 is 2.42 bits per heavy atom. The van der Waals surface area contributed by atoms with Gasteiger partial charge in [-0.3, -0.25) is 9.69 Å². The Balaban J connectivity index is 0.00000169. The van der Waals surface area contributed by atoms with Crippen molar-refractivity contribution in [2.75, 3.05) is 26.7 Å². The molecule has 2 fully saturated rings. The normalized spacial score (nSPS) is 23.8. The number of rotatable bonds is 5. The van der Waals surface area contributed by atoms with Gasteiger partial charge in [-0.05, 0) is 44.2 Å². The van der Waals surface area contributed by atoms with Gasteiger partial charge in [-0.25, -0.2) is 0 Å². The third-order valence-corrected chi connectivity index (χ3v) is 5.93. The topological polar surface area (TPSA) is 35.6 Å². The van der Waals surface area contributed by atoms with Crippen LogP contribution in [0.15, 0.2) is 30.3 Å². The van der Waals surface area contributed by atoms with Crippen LogP contribution >= 0.6 is 24.8 Å². The Morgan fingerprint density at radius 1 is 1.23 bits per heavy atom. The van der Waals surface area contributed by atoms with Gasteiger partial charge in [-0.15, -0.1) is 24.8 Å². The van der Waals surface area contributed by atoms with Crippen molar-refractivity contribution >= 4 is 30.7 Å². The van der Waals surface area contributed by atoms with Gasteiger partial charge in [0.15, 0.2) is 0 Å². The molecule has 26 heavy (non-hydrogen) atoms. The van der Waals surface area contributed by atoms with Crippen molar-refractivity contribution in [2.24, 2.45) is 0 Å². The minimum absolute atomic E-state index is 0. The second-order valence-electron chi connectivity index (χ2n) is 7.37. The van der Waals surface area contributed by atoms with Gasteiger partial charge in [-0.2, -0.15) is 0 Å². The quantitative estimate of drug-likeness (QED) is 0.819. The molecule has 3 rings (SSSR count). The maximum absolute atomic E-state index is 13.0. The molecule has 1 atom stereocenters. The number of piperidine rings is 1. The van der Waals surface area contributed by atoms with Crippen LogP contribution in [0.25, 0.3) is 0 Å². The molecule has 1 unspecified atom stereocenters. The summed E-state index contributed by atoms with van der Waals surface area (Å²) in [7, 11) is 2.01. The zero-order valence-corrected chi connectivity index (χ0v) is 17.6. The van der Waals surface area contributed by atoms with Gasteiger partial charge in [0, 0.05) is 32.7 Å². The molecule has 0 radical (unpaired) electrons. The summed E-state index contributed by atoms with van der Waals surface area (Å²) in [4.78, 5) is 17.6. The summed E-state index contributed by atoms with van der Waals surface area (Å²) >= 11 is 0. The van der Waals surface area contributed by atoms with Gasteiger partial charge in [-0.1, -0.05) is 37.3 Å². The van der Waals surface area contributed by atoms with Crippen LogP contribution in [0, 0.1) is 0 Å². The summed E-state index contributed by atoms with van der Waals surface area (Å²) in [6.07, 6.45) is 5.15. The second kappa shape index (κ2) is 10.5. The molecule has 1 aromatic carbocycles. The number of nitrogens with zero attached hydrogens (tertiary/aromatic N) is 2. The Labute approximate surface area is 170 Å². The average molecular weight is 402 g/mol. The molecule has 2 aliphatic rings. The van der Waals surface area contributed by atoms with E-state index in [4.69, 9.17) is 0 Å². The molecule has 0 saturated carbocycles. The fourth-order valence-electron chi connectivity index (χ4n) is 4.25. The summed E-state index contributed by atoms with van der Waals surface area (Å²) in [5.41, 5.74) is 1.08. The molecule has 2 saturated heterocycles. The minimum Gasteiger partial charge on any atom is -0.341 e. The Hall–Kier alpha value is -0.810. The smallest absolute Gasteiger partial charge is 0.242 e. The van der Waals surface area contributed by atoms with Gasteiger partial charge in [0.05, 0.1) is 5.54 Å². The largest absolute Gasteiger partial charge is 0.341 e. The summed E-state index contributed by atoms with van der Waals surface area (Å²) in [6.45, 7) is 6.27. The Kier molecular flexibility index (Phi) is 9.39. The first-order valence-electron chi connectivity index (χ1n) is 9.43. The number of hydrogen-bond donors (Lipinski definition) is 1. The van der Waals surface area contributed by atoms with E-state index < -0.39 is 0 Å². The standard InChI is InChI=1S/C20H31N3O.2ClH/c1-3-20(12-7-13-21-20)19(24)22(2)18-10-14-23(15-11-18)16-17-8-5-4-6-9-17;;/h4-6,8-9,18,21H,3,7,10-16H2,1-2H3;2*1H. The highest BCUT2D eigenvalue weighted by molar-refractivity contribution is 5.87. The number of likely N-dealkylation sites (N-methyl/N-ethyl adjacent to an activating group) is 1. The first kappa shape index (κ1) is 23.2. The summed E-state index contributed by atoms with van der Waals surface area (Å²) in [6, 6.07) is 11.0. The van der Waals surface area contributed by atoms with Crippen LogP contribution < -0.4 is 5.32 Å². The van der Waals surface area contributed by atoms with Crippen molar-refractivity contribution < 1.29 is 4.79 Å². The molecule has 6 heteroatoms. The third-order valence-electron chi connectivity index (χ3n) is 5.93. The van der Waals surface area contributed by atoms with E-state index in [-0.39, 0.29) is 30.4 Å². The van der Waals surface area contributed by atoms with Gasteiger partial charge < -0.3 is 10.2 Å². The van der Waals surface area contributed by atoms with Crippen LogP contribution in [0.1, 0.15) is 44.6 Å². The number of carbonyl (C=O) groups is 1. The predicted octanol–water partition coefficient (Wildman–Crippen LogP) is 3.49. The van der Waals surface area contributed by atoms with E-state index in [0.717, 1.165) is 58.3 Å². The Bertz CT molecular complexity index is 541. The molecule has 1 aromatic rings. The first-order valence-corrected chi connectivity index (χ1v) is 9.43. The van der Waals surface area contributed by atoms with Crippen molar-refractivity contribution in [1.82, 2.24) is 15.1 Å². The molecule has 148 valence electrons. The van der Waals surface area contributed by atoms with Gasteiger partial charge in [0.2, 0.25) is 5.91 Å². The van der Waals surface area contributed by atoms with Crippen molar-refractivity contribution in [3.63, 3.8) is 0 Å². The fraction of sp³-hybridized carbons (Fsp3) is 0.650. The molecule has 1 amide bonds.